The van der Waals surface area contributed by atoms with Crippen LogP contribution in [0, 0.1) is 5.82 Å². The molecule has 0 aromatic carbocycles. The van der Waals surface area contributed by atoms with Crippen LogP contribution in [0.4, 0.5) is 10.2 Å². The Morgan fingerprint density at radius 3 is 2.57 bits per heavy atom. The van der Waals surface area contributed by atoms with E-state index >= 15 is 0 Å². The minimum atomic E-state index is -0.197. The van der Waals surface area contributed by atoms with Gasteiger partial charge < -0.3 is 15.1 Å². The highest BCUT2D eigenvalue weighted by molar-refractivity contribution is 5.43. The lowest BCUT2D eigenvalue weighted by atomic mass is 10.2. The highest BCUT2D eigenvalue weighted by Gasteiger charge is 2.15. The van der Waals surface area contributed by atoms with E-state index in [0.717, 1.165) is 26.1 Å². The molecule has 1 heterocycles. The maximum Gasteiger partial charge on any atom is 0.170 e. The summed E-state index contributed by atoms with van der Waals surface area (Å²) in [6.07, 6.45) is 2.70. The third kappa shape index (κ3) is 5.98. The summed E-state index contributed by atoms with van der Waals surface area (Å²) in [7, 11) is 4.10. The van der Waals surface area contributed by atoms with Gasteiger partial charge in [0.1, 0.15) is 0 Å². The summed E-state index contributed by atoms with van der Waals surface area (Å²) < 4.78 is 14.6. The predicted molar refractivity (Wildman–Crippen MR) is 87.2 cm³/mol. The van der Waals surface area contributed by atoms with Crippen LogP contribution in [0.3, 0.4) is 0 Å². The van der Waals surface area contributed by atoms with Gasteiger partial charge in [0.15, 0.2) is 11.6 Å². The molecule has 0 atom stereocenters. The van der Waals surface area contributed by atoms with Gasteiger partial charge in [-0.3, -0.25) is 0 Å². The molecule has 0 fully saturated rings. The molecule has 5 heteroatoms. The van der Waals surface area contributed by atoms with Crippen molar-refractivity contribution in [1.82, 2.24) is 15.2 Å². The Morgan fingerprint density at radius 1 is 1.29 bits per heavy atom. The van der Waals surface area contributed by atoms with Gasteiger partial charge in [0.2, 0.25) is 0 Å². The summed E-state index contributed by atoms with van der Waals surface area (Å²) in [6, 6.07) is 2.09. The Bertz CT molecular complexity index is 421. The maximum absolute atomic E-state index is 14.6. The Hall–Kier alpha value is -1.20. The largest absolute Gasteiger partial charge is 0.354 e. The smallest absolute Gasteiger partial charge is 0.170 e. The van der Waals surface area contributed by atoms with E-state index in [2.05, 4.69) is 29.0 Å². The number of halogens is 1. The lowest BCUT2D eigenvalue weighted by Crippen LogP contribution is -2.29. The third-order valence-electron chi connectivity index (χ3n) is 3.37. The average molecular weight is 296 g/mol. The van der Waals surface area contributed by atoms with E-state index in [1.807, 2.05) is 25.9 Å². The van der Waals surface area contributed by atoms with Gasteiger partial charge in [-0.25, -0.2) is 9.37 Å². The van der Waals surface area contributed by atoms with Crippen LogP contribution in [0.2, 0.25) is 0 Å². The van der Waals surface area contributed by atoms with Crippen LogP contribution in [-0.2, 0) is 6.54 Å². The van der Waals surface area contributed by atoms with Crippen LogP contribution in [0.15, 0.2) is 12.3 Å². The lowest BCUT2D eigenvalue weighted by Gasteiger charge is -2.24. The van der Waals surface area contributed by atoms with Crippen molar-refractivity contribution >= 4 is 5.82 Å². The molecule has 0 aliphatic carbocycles. The van der Waals surface area contributed by atoms with E-state index in [1.165, 1.54) is 0 Å². The number of anilines is 1. The van der Waals surface area contributed by atoms with Crippen LogP contribution in [0.1, 0.15) is 32.8 Å². The van der Waals surface area contributed by atoms with Crippen molar-refractivity contribution in [2.45, 2.75) is 39.8 Å². The molecule has 21 heavy (non-hydrogen) atoms. The highest BCUT2D eigenvalue weighted by Crippen LogP contribution is 2.19. The molecule has 0 saturated carbocycles. The van der Waals surface area contributed by atoms with Gasteiger partial charge in [0.25, 0.3) is 0 Å². The number of hydrogen-bond donors (Lipinski definition) is 1. The van der Waals surface area contributed by atoms with Crippen LogP contribution >= 0.6 is 0 Å². The van der Waals surface area contributed by atoms with Crippen LogP contribution < -0.4 is 10.2 Å². The van der Waals surface area contributed by atoms with Gasteiger partial charge in [-0.15, -0.1) is 0 Å². The molecule has 0 spiro atoms. The molecule has 4 nitrogen and oxygen atoms in total. The second kappa shape index (κ2) is 8.95. The number of pyridine rings is 1. The van der Waals surface area contributed by atoms with Crippen LogP contribution in [-0.4, -0.2) is 49.7 Å². The normalized spacial score (nSPS) is 11.4. The molecule has 0 aliphatic rings. The molecule has 1 aromatic heterocycles. The fourth-order valence-electron chi connectivity index (χ4n) is 2.13. The number of nitrogens with one attached hydrogen (secondary N) is 1. The Balaban J connectivity index is 2.76. The summed E-state index contributed by atoms with van der Waals surface area (Å²) in [5.74, 6) is 0.275. The molecule has 0 bridgehead atoms. The Morgan fingerprint density at radius 2 is 2.00 bits per heavy atom. The molecular weight excluding hydrogens is 267 g/mol. The van der Waals surface area contributed by atoms with E-state index in [4.69, 9.17) is 0 Å². The van der Waals surface area contributed by atoms with Crippen LogP contribution in [0.5, 0.6) is 0 Å². The number of hydrogen-bond acceptors (Lipinski definition) is 4. The van der Waals surface area contributed by atoms with Crippen LogP contribution in [0.25, 0.3) is 0 Å². The quantitative estimate of drug-likeness (QED) is 0.759. The minimum Gasteiger partial charge on any atom is -0.354 e. The van der Waals surface area contributed by atoms with E-state index in [-0.39, 0.29) is 5.82 Å². The Kier molecular flexibility index (Phi) is 7.61. The first-order valence-corrected chi connectivity index (χ1v) is 7.72. The monoisotopic (exact) mass is 296 g/mol. The topological polar surface area (TPSA) is 31.4 Å². The minimum absolute atomic E-state index is 0.197. The van der Waals surface area contributed by atoms with Gasteiger partial charge in [-0.2, -0.15) is 0 Å². The molecule has 0 saturated heterocycles. The number of nitrogens with zero attached hydrogens (tertiary/aromatic N) is 3. The number of rotatable bonds is 9. The summed E-state index contributed by atoms with van der Waals surface area (Å²) in [5, 5.41) is 3.25. The molecule has 120 valence electrons. The first-order chi connectivity index (χ1) is 9.95. The van der Waals surface area contributed by atoms with E-state index in [0.29, 0.717) is 24.0 Å². The van der Waals surface area contributed by atoms with Crippen molar-refractivity contribution in [3.8, 4) is 0 Å². The number of aromatic nitrogens is 1. The Labute approximate surface area is 128 Å². The van der Waals surface area contributed by atoms with E-state index in [9.17, 15) is 4.39 Å². The van der Waals surface area contributed by atoms with E-state index in [1.54, 1.807) is 12.3 Å². The standard InChI is InChI=1S/C16H29FN4/c1-6-21(11-7-10-20(4)5)16-15(17)14(8-9-18-16)12-19-13(2)3/h8-9,13,19H,6-7,10-12H2,1-5H3. The van der Waals surface area contributed by atoms with Gasteiger partial charge in [0.05, 0.1) is 0 Å². The fourth-order valence-corrected chi connectivity index (χ4v) is 2.13. The molecule has 0 unspecified atom stereocenters. The van der Waals surface area contributed by atoms with Crippen molar-refractivity contribution in [2.75, 3.05) is 38.6 Å². The second-order valence-electron chi connectivity index (χ2n) is 5.88. The highest BCUT2D eigenvalue weighted by atomic mass is 19.1. The van der Waals surface area contributed by atoms with Crippen molar-refractivity contribution in [2.24, 2.45) is 0 Å². The van der Waals surface area contributed by atoms with Gasteiger partial charge in [-0.05, 0) is 40.1 Å². The fraction of sp³-hybridized carbons (Fsp3) is 0.688. The molecular formula is C16H29FN4. The summed E-state index contributed by atoms with van der Waals surface area (Å²) >= 11 is 0. The molecule has 1 rings (SSSR count). The first kappa shape index (κ1) is 17.9. The summed E-state index contributed by atoms with van der Waals surface area (Å²) in [5.41, 5.74) is 0.680. The van der Waals surface area contributed by atoms with Crippen molar-refractivity contribution in [1.29, 1.82) is 0 Å². The molecule has 0 amide bonds. The first-order valence-electron chi connectivity index (χ1n) is 7.72. The molecule has 0 radical (unpaired) electrons. The van der Waals surface area contributed by atoms with Crippen molar-refractivity contribution in [3.63, 3.8) is 0 Å². The van der Waals surface area contributed by atoms with Gasteiger partial charge >= 0.3 is 0 Å². The molecule has 1 aromatic rings. The van der Waals surface area contributed by atoms with E-state index < -0.39 is 0 Å². The zero-order chi connectivity index (χ0) is 15.8. The zero-order valence-electron chi connectivity index (χ0n) is 14.0. The maximum atomic E-state index is 14.6. The van der Waals surface area contributed by atoms with Gasteiger partial charge in [-0.1, -0.05) is 13.8 Å². The summed E-state index contributed by atoms with van der Waals surface area (Å²) in [6.45, 7) is 9.26. The third-order valence-corrected chi connectivity index (χ3v) is 3.37. The zero-order valence-corrected chi connectivity index (χ0v) is 14.0. The average Bonchev–Trinajstić information content (AvgIpc) is 2.42. The molecule has 0 aliphatic heterocycles. The predicted octanol–water partition coefficient (Wildman–Crippen LogP) is 2.50. The second-order valence-corrected chi connectivity index (χ2v) is 5.88. The molecule has 1 N–H and O–H groups in total. The van der Waals surface area contributed by atoms with Crippen molar-refractivity contribution < 1.29 is 4.39 Å². The van der Waals surface area contributed by atoms with Crippen molar-refractivity contribution in [3.05, 3.63) is 23.6 Å². The SMILES string of the molecule is CCN(CCCN(C)C)c1nccc(CNC(C)C)c1F. The summed E-state index contributed by atoms with van der Waals surface area (Å²) in [4.78, 5) is 8.40. The van der Waals surface area contributed by atoms with Gasteiger partial charge in [0, 0.05) is 37.4 Å². The lowest BCUT2D eigenvalue weighted by molar-refractivity contribution is 0.400.